The molecule has 6 heteroatoms. The zero-order chi connectivity index (χ0) is 14.9. The molecule has 1 heterocycles. The second-order valence-corrected chi connectivity index (χ2v) is 4.27. The molecule has 0 aliphatic rings. The normalized spacial score (nSPS) is 11.4. The number of carbonyl (C=O) groups is 1. The van der Waals surface area contributed by atoms with Gasteiger partial charge in [0.2, 0.25) is 0 Å². The lowest BCUT2D eigenvalue weighted by molar-refractivity contribution is -0.137. The highest BCUT2D eigenvalue weighted by Crippen LogP contribution is 2.32. The molecule has 0 spiro atoms. The average Bonchev–Trinajstić information content (AvgIpc) is 2.35. The fourth-order valence-corrected chi connectivity index (χ4v) is 1.85. The maximum atomic E-state index is 13.2. The summed E-state index contributed by atoms with van der Waals surface area (Å²) in [7, 11) is 0. The van der Waals surface area contributed by atoms with E-state index in [1.807, 2.05) is 0 Å². The van der Waals surface area contributed by atoms with Crippen LogP contribution in [0.4, 0.5) is 17.6 Å². The molecule has 0 unspecified atom stereocenters. The number of pyridine rings is 1. The van der Waals surface area contributed by atoms with Crippen LogP contribution in [0.5, 0.6) is 0 Å². The Morgan fingerprint density at radius 1 is 1.20 bits per heavy atom. The van der Waals surface area contributed by atoms with Crippen molar-refractivity contribution in [2.45, 2.75) is 13.1 Å². The van der Waals surface area contributed by atoms with Gasteiger partial charge in [-0.1, -0.05) is 0 Å². The fraction of sp³-hybridized carbons (Fsp3) is 0.143. The highest BCUT2D eigenvalue weighted by Gasteiger charge is 2.35. The Morgan fingerprint density at radius 2 is 1.90 bits per heavy atom. The number of aromatic nitrogens is 1. The molecule has 0 aliphatic carbocycles. The van der Waals surface area contributed by atoms with Gasteiger partial charge in [-0.3, -0.25) is 9.78 Å². The number of nitrogens with zero attached hydrogens (tertiary/aromatic N) is 1. The molecule has 0 fully saturated rings. The Balaban J connectivity index is 2.54. The second kappa shape index (κ2) is 5.03. The topological polar surface area (TPSA) is 30.0 Å². The third-order valence-electron chi connectivity index (χ3n) is 2.68. The lowest BCUT2D eigenvalue weighted by Crippen LogP contribution is -2.14. The van der Waals surface area contributed by atoms with Crippen molar-refractivity contribution in [1.29, 1.82) is 0 Å². The summed E-state index contributed by atoms with van der Waals surface area (Å²) >= 11 is 0. The van der Waals surface area contributed by atoms with E-state index in [4.69, 9.17) is 0 Å². The van der Waals surface area contributed by atoms with Crippen LogP contribution in [0.3, 0.4) is 0 Å². The maximum Gasteiger partial charge on any atom is 0.417 e. The minimum absolute atomic E-state index is 0.138. The first kappa shape index (κ1) is 14.2. The Bertz CT molecular complexity index is 644. The van der Waals surface area contributed by atoms with Crippen LogP contribution in [-0.2, 0) is 6.18 Å². The predicted octanol–water partition coefficient (Wildman–Crippen LogP) is 3.78. The van der Waals surface area contributed by atoms with Crippen LogP contribution in [0, 0.1) is 12.7 Å². The predicted molar refractivity (Wildman–Crippen MR) is 63.8 cm³/mol. The summed E-state index contributed by atoms with van der Waals surface area (Å²) in [5, 5.41) is 0. The number of ketones is 1. The SMILES string of the molecule is Cc1cc(F)cc(C(=O)c2cnccc2C(F)(F)F)c1. The van der Waals surface area contributed by atoms with Crippen molar-refractivity contribution in [1.82, 2.24) is 4.98 Å². The standard InChI is InChI=1S/C14H9F4NO/c1-8-4-9(6-10(15)5-8)13(20)11-7-19-3-2-12(11)14(16,17)18/h2-7H,1H3. The van der Waals surface area contributed by atoms with Crippen molar-refractivity contribution in [3.05, 3.63) is 64.7 Å². The molecule has 20 heavy (non-hydrogen) atoms. The van der Waals surface area contributed by atoms with Crippen molar-refractivity contribution < 1.29 is 22.4 Å². The molecule has 0 N–H and O–H groups in total. The molecular formula is C14H9F4NO. The summed E-state index contributed by atoms with van der Waals surface area (Å²) in [6.45, 7) is 1.55. The number of benzene rings is 1. The molecule has 0 aliphatic heterocycles. The number of alkyl halides is 3. The molecule has 104 valence electrons. The Labute approximate surface area is 112 Å². The molecule has 2 nitrogen and oxygen atoms in total. The van der Waals surface area contributed by atoms with Crippen LogP contribution in [-0.4, -0.2) is 10.8 Å². The first-order chi connectivity index (χ1) is 9.29. The van der Waals surface area contributed by atoms with Gasteiger partial charge in [-0.05, 0) is 36.8 Å². The molecular weight excluding hydrogens is 274 g/mol. The van der Waals surface area contributed by atoms with Gasteiger partial charge in [0.05, 0.1) is 11.1 Å². The highest BCUT2D eigenvalue weighted by atomic mass is 19.4. The van der Waals surface area contributed by atoms with E-state index in [0.29, 0.717) is 5.56 Å². The second-order valence-electron chi connectivity index (χ2n) is 4.27. The van der Waals surface area contributed by atoms with E-state index in [1.165, 1.54) is 12.1 Å². The van der Waals surface area contributed by atoms with Crippen molar-refractivity contribution >= 4 is 5.78 Å². The number of hydrogen-bond acceptors (Lipinski definition) is 2. The minimum Gasteiger partial charge on any atom is -0.289 e. The van der Waals surface area contributed by atoms with Crippen molar-refractivity contribution in [2.24, 2.45) is 0 Å². The summed E-state index contributed by atoms with van der Waals surface area (Å²) in [6.07, 6.45) is -2.88. The molecule has 1 aromatic carbocycles. The number of rotatable bonds is 2. The Hall–Kier alpha value is -2.24. The Morgan fingerprint density at radius 3 is 2.50 bits per heavy atom. The summed E-state index contributed by atoms with van der Waals surface area (Å²) in [5.41, 5.74) is -1.36. The van der Waals surface area contributed by atoms with Crippen LogP contribution in [0.1, 0.15) is 27.0 Å². The van der Waals surface area contributed by atoms with E-state index < -0.39 is 28.9 Å². The Kier molecular flexibility index (Phi) is 3.57. The molecule has 0 atom stereocenters. The zero-order valence-electron chi connectivity index (χ0n) is 10.3. The van der Waals surface area contributed by atoms with E-state index in [2.05, 4.69) is 4.98 Å². The molecule has 1 aromatic heterocycles. The lowest BCUT2D eigenvalue weighted by atomic mass is 9.99. The number of aryl methyl sites for hydroxylation is 1. The molecule has 0 bridgehead atoms. The van der Waals surface area contributed by atoms with Crippen LogP contribution in [0.15, 0.2) is 36.7 Å². The van der Waals surface area contributed by atoms with Gasteiger partial charge in [0.25, 0.3) is 0 Å². The zero-order valence-corrected chi connectivity index (χ0v) is 10.3. The summed E-state index contributed by atoms with van der Waals surface area (Å²) in [6, 6.07) is 4.14. The fourth-order valence-electron chi connectivity index (χ4n) is 1.85. The number of carbonyl (C=O) groups excluding carboxylic acids is 1. The van der Waals surface area contributed by atoms with Gasteiger partial charge in [-0.2, -0.15) is 13.2 Å². The molecule has 0 saturated carbocycles. The quantitative estimate of drug-likeness (QED) is 0.620. The minimum atomic E-state index is -4.67. The monoisotopic (exact) mass is 283 g/mol. The summed E-state index contributed by atoms with van der Waals surface area (Å²) in [5.74, 6) is -1.58. The van der Waals surface area contributed by atoms with E-state index in [0.717, 1.165) is 24.5 Å². The van der Waals surface area contributed by atoms with Gasteiger partial charge in [0, 0.05) is 18.0 Å². The van der Waals surface area contributed by atoms with E-state index in [1.54, 1.807) is 6.92 Å². The molecule has 0 radical (unpaired) electrons. The largest absolute Gasteiger partial charge is 0.417 e. The van der Waals surface area contributed by atoms with Crippen LogP contribution >= 0.6 is 0 Å². The number of hydrogen-bond donors (Lipinski definition) is 0. The van der Waals surface area contributed by atoms with E-state index >= 15 is 0 Å². The smallest absolute Gasteiger partial charge is 0.289 e. The van der Waals surface area contributed by atoms with Crippen molar-refractivity contribution in [3.63, 3.8) is 0 Å². The van der Waals surface area contributed by atoms with E-state index in [-0.39, 0.29) is 5.56 Å². The lowest BCUT2D eigenvalue weighted by Gasteiger charge is -2.11. The third kappa shape index (κ3) is 2.84. The van der Waals surface area contributed by atoms with Crippen molar-refractivity contribution in [3.8, 4) is 0 Å². The first-order valence-electron chi connectivity index (χ1n) is 5.62. The maximum absolute atomic E-state index is 13.2. The number of halogens is 4. The first-order valence-corrected chi connectivity index (χ1v) is 5.62. The van der Waals surface area contributed by atoms with Crippen LogP contribution in [0.2, 0.25) is 0 Å². The molecule has 2 rings (SSSR count). The summed E-state index contributed by atoms with van der Waals surface area (Å²) < 4.78 is 51.7. The summed E-state index contributed by atoms with van der Waals surface area (Å²) in [4.78, 5) is 15.6. The molecule has 0 saturated heterocycles. The van der Waals surface area contributed by atoms with Gasteiger partial charge in [-0.25, -0.2) is 4.39 Å². The van der Waals surface area contributed by atoms with Crippen LogP contribution in [0.25, 0.3) is 0 Å². The highest BCUT2D eigenvalue weighted by molar-refractivity contribution is 6.09. The van der Waals surface area contributed by atoms with Gasteiger partial charge >= 0.3 is 6.18 Å². The van der Waals surface area contributed by atoms with Gasteiger partial charge in [-0.15, -0.1) is 0 Å². The van der Waals surface area contributed by atoms with Gasteiger partial charge < -0.3 is 0 Å². The van der Waals surface area contributed by atoms with Gasteiger partial charge in [0.15, 0.2) is 5.78 Å². The third-order valence-corrected chi connectivity index (χ3v) is 2.68. The molecule has 0 amide bonds. The van der Waals surface area contributed by atoms with Gasteiger partial charge in [0.1, 0.15) is 5.82 Å². The molecule has 2 aromatic rings. The van der Waals surface area contributed by atoms with Crippen LogP contribution < -0.4 is 0 Å². The van der Waals surface area contributed by atoms with E-state index in [9.17, 15) is 22.4 Å². The van der Waals surface area contributed by atoms with Crippen molar-refractivity contribution in [2.75, 3.05) is 0 Å². The average molecular weight is 283 g/mol.